The van der Waals surface area contributed by atoms with Gasteiger partial charge in [0, 0.05) is 19.1 Å². The molecular formula is C17H26ClN3O. The Morgan fingerprint density at radius 2 is 2.09 bits per heavy atom. The third-order valence-corrected chi connectivity index (χ3v) is 4.50. The van der Waals surface area contributed by atoms with Crippen LogP contribution in [0.4, 0.5) is 5.69 Å². The van der Waals surface area contributed by atoms with Crippen LogP contribution in [0.15, 0.2) is 24.3 Å². The maximum absolute atomic E-state index is 12.3. The predicted octanol–water partition coefficient (Wildman–Crippen LogP) is 2.80. The van der Waals surface area contributed by atoms with Gasteiger partial charge in [0.1, 0.15) is 0 Å². The molecule has 0 aromatic heterocycles. The minimum atomic E-state index is -0.497. The lowest BCUT2D eigenvalue weighted by Gasteiger charge is -2.36. The Labute approximate surface area is 138 Å². The number of halogens is 1. The molecule has 1 saturated heterocycles. The maximum Gasteiger partial charge on any atom is 0.237 e. The lowest BCUT2D eigenvalue weighted by atomic mass is 9.86. The largest absolute Gasteiger partial charge is 0.368 e. The number of nitrogens with one attached hydrogen (secondary N) is 1. The topological polar surface area (TPSA) is 58.4 Å². The predicted molar refractivity (Wildman–Crippen MR) is 92.3 cm³/mol. The van der Waals surface area contributed by atoms with E-state index in [-0.39, 0.29) is 17.4 Å². The molecule has 1 aromatic carbocycles. The van der Waals surface area contributed by atoms with E-state index in [2.05, 4.69) is 10.2 Å². The number of rotatable bonds is 3. The minimum absolute atomic E-state index is 0.0708. The molecule has 22 heavy (non-hydrogen) atoms. The zero-order valence-electron chi connectivity index (χ0n) is 13.6. The Kier molecular flexibility index (Phi) is 5.35. The summed E-state index contributed by atoms with van der Waals surface area (Å²) in [6.07, 6.45) is 2.00. The fourth-order valence-corrected chi connectivity index (χ4v) is 2.96. The van der Waals surface area contributed by atoms with Crippen molar-refractivity contribution in [3.63, 3.8) is 0 Å². The van der Waals surface area contributed by atoms with Crippen LogP contribution in [0.25, 0.3) is 0 Å². The number of para-hydroxylation sites is 1. The highest BCUT2D eigenvalue weighted by Gasteiger charge is 2.30. The second-order valence-corrected chi connectivity index (χ2v) is 7.50. The molecule has 1 unspecified atom stereocenters. The molecule has 2 atom stereocenters. The molecule has 1 aliphatic heterocycles. The molecule has 0 bridgehead atoms. The first kappa shape index (κ1) is 17.1. The van der Waals surface area contributed by atoms with E-state index in [9.17, 15) is 4.79 Å². The number of anilines is 1. The van der Waals surface area contributed by atoms with Gasteiger partial charge < -0.3 is 16.0 Å². The molecule has 0 radical (unpaired) electrons. The minimum Gasteiger partial charge on any atom is -0.368 e. The number of hydrogen-bond acceptors (Lipinski definition) is 3. The van der Waals surface area contributed by atoms with E-state index in [4.69, 9.17) is 17.3 Å². The smallest absolute Gasteiger partial charge is 0.237 e. The highest BCUT2D eigenvalue weighted by molar-refractivity contribution is 6.33. The van der Waals surface area contributed by atoms with Gasteiger partial charge in [-0.25, -0.2) is 0 Å². The summed E-state index contributed by atoms with van der Waals surface area (Å²) in [6.45, 7) is 7.67. The van der Waals surface area contributed by atoms with Crippen LogP contribution in [0.2, 0.25) is 5.02 Å². The summed E-state index contributed by atoms with van der Waals surface area (Å²) < 4.78 is 0. The van der Waals surface area contributed by atoms with Crippen LogP contribution in [-0.4, -0.2) is 31.1 Å². The van der Waals surface area contributed by atoms with E-state index in [0.29, 0.717) is 0 Å². The van der Waals surface area contributed by atoms with Gasteiger partial charge in [0.15, 0.2) is 0 Å². The Morgan fingerprint density at radius 3 is 2.73 bits per heavy atom. The number of carbonyl (C=O) groups is 1. The second-order valence-electron chi connectivity index (χ2n) is 7.09. The van der Waals surface area contributed by atoms with Crippen molar-refractivity contribution in [1.82, 2.24) is 5.32 Å². The number of benzene rings is 1. The van der Waals surface area contributed by atoms with Crippen molar-refractivity contribution in [3.8, 4) is 0 Å². The fraction of sp³-hybridized carbons (Fsp3) is 0.588. The van der Waals surface area contributed by atoms with Crippen LogP contribution in [-0.2, 0) is 4.79 Å². The molecule has 1 heterocycles. The van der Waals surface area contributed by atoms with Crippen LogP contribution in [0.5, 0.6) is 0 Å². The zero-order chi connectivity index (χ0) is 16.3. The van der Waals surface area contributed by atoms with E-state index in [0.717, 1.165) is 36.6 Å². The van der Waals surface area contributed by atoms with Gasteiger partial charge in [-0.15, -0.1) is 0 Å². The summed E-state index contributed by atoms with van der Waals surface area (Å²) >= 11 is 6.27. The molecule has 2 rings (SSSR count). The van der Waals surface area contributed by atoms with Gasteiger partial charge in [0.25, 0.3) is 0 Å². The number of carbonyl (C=O) groups excluding carboxylic acids is 1. The summed E-state index contributed by atoms with van der Waals surface area (Å²) in [4.78, 5) is 14.5. The average molecular weight is 324 g/mol. The summed E-state index contributed by atoms with van der Waals surface area (Å²) in [7, 11) is 0. The average Bonchev–Trinajstić information content (AvgIpc) is 2.46. The fourth-order valence-electron chi connectivity index (χ4n) is 2.71. The Balaban J connectivity index is 2.00. The third kappa shape index (κ3) is 4.14. The van der Waals surface area contributed by atoms with Crippen LogP contribution in [0, 0.1) is 5.41 Å². The standard InChI is InChI=1S/C17H26ClN3O/c1-17(2,3)15(19)16(22)20-12-7-6-10-21(11-12)14-9-5-4-8-13(14)18/h4-5,8-9,12,15H,6-7,10-11,19H2,1-3H3,(H,20,22)/t12?,15-/m1/s1. The molecule has 3 N–H and O–H groups in total. The summed E-state index contributed by atoms with van der Waals surface area (Å²) in [5, 5.41) is 3.85. The molecular weight excluding hydrogens is 298 g/mol. The quantitative estimate of drug-likeness (QED) is 0.899. The lowest BCUT2D eigenvalue weighted by molar-refractivity contribution is -0.125. The van der Waals surface area contributed by atoms with Gasteiger partial charge in [0.2, 0.25) is 5.91 Å². The second kappa shape index (κ2) is 6.88. The van der Waals surface area contributed by atoms with Crippen molar-refractivity contribution in [2.24, 2.45) is 11.1 Å². The van der Waals surface area contributed by atoms with Crippen molar-refractivity contribution in [2.45, 2.75) is 45.7 Å². The van der Waals surface area contributed by atoms with Gasteiger partial charge in [-0.05, 0) is 30.4 Å². The first-order valence-electron chi connectivity index (χ1n) is 7.84. The number of nitrogens with two attached hydrogens (primary N) is 1. The normalized spacial score (nSPS) is 20.6. The Morgan fingerprint density at radius 1 is 1.41 bits per heavy atom. The number of amides is 1. The molecule has 122 valence electrons. The van der Waals surface area contributed by atoms with Crippen molar-refractivity contribution in [2.75, 3.05) is 18.0 Å². The number of nitrogens with zero attached hydrogens (tertiary/aromatic N) is 1. The molecule has 1 amide bonds. The van der Waals surface area contributed by atoms with E-state index < -0.39 is 6.04 Å². The number of hydrogen-bond donors (Lipinski definition) is 2. The first-order valence-corrected chi connectivity index (χ1v) is 8.22. The third-order valence-electron chi connectivity index (χ3n) is 4.18. The van der Waals surface area contributed by atoms with Crippen molar-refractivity contribution in [1.29, 1.82) is 0 Å². The SMILES string of the molecule is CC(C)(C)[C@H](N)C(=O)NC1CCCN(c2ccccc2Cl)C1. The monoisotopic (exact) mass is 323 g/mol. The molecule has 0 saturated carbocycles. The molecule has 5 heteroatoms. The molecule has 0 aliphatic carbocycles. The zero-order valence-corrected chi connectivity index (χ0v) is 14.4. The van der Waals surface area contributed by atoms with Crippen LogP contribution < -0.4 is 16.0 Å². The molecule has 1 aliphatic rings. The van der Waals surface area contributed by atoms with E-state index in [1.54, 1.807) is 0 Å². The van der Waals surface area contributed by atoms with E-state index in [1.807, 2.05) is 45.0 Å². The van der Waals surface area contributed by atoms with Gasteiger partial charge in [0.05, 0.1) is 16.8 Å². The van der Waals surface area contributed by atoms with Gasteiger partial charge in [-0.2, -0.15) is 0 Å². The highest BCUT2D eigenvalue weighted by Crippen LogP contribution is 2.28. The molecule has 0 spiro atoms. The summed E-state index contributed by atoms with van der Waals surface area (Å²) in [5.41, 5.74) is 6.83. The van der Waals surface area contributed by atoms with Crippen LogP contribution >= 0.6 is 11.6 Å². The van der Waals surface area contributed by atoms with Crippen LogP contribution in [0.1, 0.15) is 33.6 Å². The van der Waals surface area contributed by atoms with Crippen molar-refractivity contribution in [3.05, 3.63) is 29.3 Å². The summed E-state index contributed by atoms with van der Waals surface area (Å²) in [5.74, 6) is -0.0708. The highest BCUT2D eigenvalue weighted by atomic mass is 35.5. The molecule has 1 fully saturated rings. The van der Waals surface area contributed by atoms with E-state index >= 15 is 0 Å². The Bertz CT molecular complexity index is 527. The lowest BCUT2D eigenvalue weighted by Crippen LogP contribution is -2.55. The van der Waals surface area contributed by atoms with Gasteiger partial charge in [-0.1, -0.05) is 44.5 Å². The van der Waals surface area contributed by atoms with Crippen LogP contribution in [0.3, 0.4) is 0 Å². The van der Waals surface area contributed by atoms with Gasteiger partial charge >= 0.3 is 0 Å². The maximum atomic E-state index is 12.3. The van der Waals surface area contributed by atoms with Crippen molar-refractivity contribution >= 4 is 23.2 Å². The summed E-state index contributed by atoms with van der Waals surface area (Å²) in [6, 6.07) is 7.45. The van der Waals surface area contributed by atoms with Crippen molar-refractivity contribution < 1.29 is 4.79 Å². The Hall–Kier alpha value is -1.26. The molecule has 4 nitrogen and oxygen atoms in total. The van der Waals surface area contributed by atoms with E-state index in [1.165, 1.54) is 0 Å². The first-order chi connectivity index (χ1) is 10.3. The van der Waals surface area contributed by atoms with Gasteiger partial charge in [-0.3, -0.25) is 4.79 Å². The number of piperidine rings is 1. The molecule has 1 aromatic rings.